The Labute approximate surface area is 138 Å². The van der Waals surface area contributed by atoms with E-state index in [-0.39, 0.29) is 0 Å². The second-order valence-electron chi connectivity index (χ2n) is 4.90. The van der Waals surface area contributed by atoms with E-state index in [0.29, 0.717) is 5.92 Å². The molecule has 0 fully saturated rings. The summed E-state index contributed by atoms with van der Waals surface area (Å²) in [6, 6.07) is 4.30. The summed E-state index contributed by atoms with van der Waals surface area (Å²) in [5.74, 6) is 2.19. The van der Waals surface area contributed by atoms with Gasteiger partial charge < -0.3 is 5.32 Å². The lowest BCUT2D eigenvalue weighted by molar-refractivity contribution is 0.809. The van der Waals surface area contributed by atoms with Crippen molar-refractivity contribution in [3.63, 3.8) is 0 Å². The molecule has 0 aromatic carbocycles. The van der Waals surface area contributed by atoms with Crippen molar-refractivity contribution in [3.05, 3.63) is 26.3 Å². The maximum absolute atomic E-state index is 4.78. The van der Waals surface area contributed by atoms with Crippen LogP contribution in [-0.4, -0.2) is 16.5 Å². The lowest BCUT2D eigenvalue weighted by atomic mass is 10.1. The van der Waals surface area contributed by atoms with Crippen LogP contribution in [0.4, 0.5) is 5.82 Å². The molecule has 20 heavy (non-hydrogen) atoms. The molecule has 0 aliphatic carbocycles. The maximum Gasteiger partial charge on any atom is 0.171 e. The van der Waals surface area contributed by atoms with E-state index in [1.54, 1.807) is 11.3 Å². The summed E-state index contributed by atoms with van der Waals surface area (Å²) in [4.78, 5) is 12.0. The lowest BCUT2D eigenvalue weighted by Crippen LogP contribution is -2.08. The number of nitrogens with zero attached hydrogens (tertiary/aromatic N) is 2. The van der Waals surface area contributed by atoms with Gasteiger partial charge in [-0.2, -0.15) is 0 Å². The minimum Gasteiger partial charge on any atom is -0.369 e. The molecule has 0 saturated carbocycles. The summed E-state index contributed by atoms with van der Waals surface area (Å²) in [6.45, 7) is 9.49. The van der Waals surface area contributed by atoms with Crippen LogP contribution < -0.4 is 5.32 Å². The highest BCUT2D eigenvalue weighted by atomic mass is 127. The predicted molar refractivity (Wildman–Crippen MR) is 95.7 cm³/mol. The molecule has 2 heterocycles. The van der Waals surface area contributed by atoms with Gasteiger partial charge in [0.25, 0.3) is 0 Å². The zero-order valence-electron chi connectivity index (χ0n) is 12.3. The third-order valence-electron chi connectivity index (χ3n) is 3.00. The van der Waals surface area contributed by atoms with E-state index in [2.05, 4.69) is 67.7 Å². The van der Waals surface area contributed by atoms with Gasteiger partial charge in [-0.05, 0) is 54.0 Å². The van der Waals surface area contributed by atoms with Gasteiger partial charge in [0.1, 0.15) is 5.82 Å². The Hall–Kier alpha value is -0.690. The molecule has 2 rings (SSSR count). The highest BCUT2D eigenvalue weighted by molar-refractivity contribution is 14.1. The second kappa shape index (κ2) is 6.85. The fourth-order valence-electron chi connectivity index (χ4n) is 1.93. The van der Waals surface area contributed by atoms with E-state index in [0.717, 1.165) is 38.7 Å². The van der Waals surface area contributed by atoms with Crippen LogP contribution in [0, 0.1) is 3.57 Å². The number of hydrogen-bond acceptors (Lipinski definition) is 4. The van der Waals surface area contributed by atoms with E-state index in [4.69, 9.17) is 9.97 Å². The highest BCUT2D eigenvalue weighted by Crippen LogP contribution is 2.31. The number of hydrogen-bond donors (Lipinski definition) is 1. The zero-order valence-corrected chi connectivity index (χ0v) is 15.3. The highest BCUT2D eigenvalue weighted by Gasteiger charge is 2.16. The molecule has 2 aromatic heterocycles. The maximum atomic E-state index is 4.78. The number of thiophene rings is 1. The Bertz CT molecular complexity index is 593. The molecular formula is C15H20IN3S. The number of aromatic nitrogens is 2. The van der Waals surface area contributed by atoms with Crippen LogP contribution >= 0.6 is 33.9 Å². The number of nitrogens with one attached hydrogen (secondary N) is 1. The topological polar surface area (TPSA) is 37.8 Å². The van der Waals surface area contributed by atoms with Gasteiger partial charge in [0.05, 0.1) is 14.1 Å². The molecule has 0 spiro atoms. The summed E-state index contributed by atoms with van der Waals surface area (Å²) in [5, 5.41) is 3.35. The molecule has 0 saturated heterocycles. The smallest absolute Gasteiger partial charge is 0.171 e. The van der Waals surface area contributed by atoms with Gasteiger partial charge in [-0.15, -0.1) is 11.3 Å². The molecule has 5 heteroatoms. The Balaban J connectivity index is 2.52. The summed E-state index contributed by atoms with van der Waals surface area (Å²) in [7, 11) is 0. The lowest BCUT2D eigenvalue weighted by Gasteiger charge is -2.13. The van der Waals surface area contributed by atoms with Crippen molar-refractivity contribution in [2.45, 2.75) is 40.0 Å². The van der Waals surface area contributed by atoms with Crippen LogP contribution in [0.15, 0.2) is 12.1 Å². The molecular weight excluding hydrogens is 381 g/mol. The van der Waals surface area contributed by atoms with Crippen molar-refractivity contribution < 1.29 is 0 Å². The Morgan fingerprint density at radius 3 is 2.55 bits per heavy atom. The molecule has 0 unspecified atom stereocenters. The van der Waals surface area contributed by atoms with Gasteiger partial charge in [0, 0.05) is 11.4 Å². The first kappa shape index (κ1) is 15.7. The van der Waals surface area contributed by atoms with E-state index in [9.17, 15) is 0 Å². The predicted octanol–water partition coefficient (Wildman–Crippen LogP) is 4.93. The number of anilines is 1. The minimum absolute atomic E-state index is 0.395. The Kier molecular flexibility index (Phi) is 5.37. The first-order chi connectivity index (χ1) is 9.56. The van der Waals surface area contributed by atoms with Gasteiger partial charge in [-0.1, -0.05) is 20.8 Å². The van der Waals surface area contributed by atoms with E-state index < -0.39 is 0 Å². The first-order valence-corrected chi connectivity index (χ1v) is 8.86. The van der Waals surface area contributed by atoms with Crippen molar-refractivity contribution >= 4 is 39.7 Å². The summed E-state index contributed by atoms with van der Waals surface area (Å²) >= 11 is 4.13. The van der Waals surface area contributed by atoms with E-state index in [1.807, 2.05) is 0 Å². The molecule has 1 N–H and O–H groups in total. The van der Waals surface area contributed by atoms with Crippen molar-refractivity contribution in [3.8, 4) is 10.7 Å². The molecule has 0 aliphatic rings. The van der Waals surface area contributed by atoms with Crippen molar-refractivity contribution in [2.24, 2.45) is 0 Å². The normalized spacial score (nSPS) is 11.1. The van der Waals surface area contributed by atoms with Crippen LogP contribution in [0.2, 0.25) is 0 Å². The molecule has 108 valence electrons. The fraction of sp³-hybridized carbons (Fsp3) is 0.467. The van der Waals surface area contributed by atoms with Crippen molar-refractivity contribution in [2.75, 3.05) is 11.9 Å². The third kappa shape index (κ3) is 3.31. The molecule has 0 radical (unpaired) electrons. The fourth-order valence-corrected chi connectivity index (χ4v) is 3.87. The number of aryl methyl sites for hydroxylation is 1. The summed E-state index contributed by atoms with van der Waals surface area (Å²) < 4.78 is 1.13. The Morgan fingerprint density at radius 1 is 1.25 bits per heavy atom. The van der Waals surface area contributed by atoms with Gasteiger partial charge in [0.15, 0.2) is 5.82 Å². The van der Waals surface area contributed by atoms with E-state index >= 15 is 0 Å². The van der Waals surface area contributed by atoms with Crippen molar-refractivity contribution in [1.29, 1.82) is 0 Å². The van der Waals surface area contributed by atoms with Gasteiger partial charge in [-0.25, -0.2) is 9.97 Å². The largest absolute Gasteiger partial charge is 0.369 e. The Morgan fingerprint density at radius 2 is 2.00 bits per heavy atom. The first-order valence-electron chi connectivity index (χ1n) is 6.97. The van der Waals surface area contributed by atoms with Gasteiger partial charge in [-0.3, -0.25) is 0 Å². The number of halogens is 1. The van der Waals surface area contributed by atoms with Crippen molar-refractivity contribution in [1.82, 2.24) is 9.97 Å². The van der Waals surface area contributed by atoms with Gasteiger partial charge >= 0.3 is 0 Å². The molecule has 3 nitrogen and oxygen atoms in total. The van der Waals surface area contributed by atoms with Crippen LogP contribution in [0.3, 0.4) is 0 Å². The standard InChI is InChI=1S/C15H20IN3S/c1-5-10-7-8-11(20-10)14-18-13(9(3)4)12(16)15(19-14)17-6-2/h7-9H,5-6H2,1-4H3,(H,17,18,19). The number of rotatable bonds is 5. The summed E-state index contributed by atoms with van der Waals surface area (Å²) in [6.07, 6.45) is 1.06. The molecule has 2 aromatic rings. The van der Waals surface area contributed by atoms with Crippen LogP contribution in [0.5, 0.6) is 0 Å². The monoisotopic (exact) mass is 401 g/mol. The van der Waals surface area contributed by atoms with Crippen LogP contribution in [0.1, 0.15) is 44.2 Å². The average molecular weight is 401 g/mol. The SMILES string of the molecule is CCNc1nc(-c2ccc(CC)s2)nc(C(C)C)c1I. The quantitative estimate of drug-likeness (QED) is 0.723. The van der Waals surface area contributed by atoms with Gasteiger partial charge in [0.2, 0.25) is 0 Å². The minimum atomic E-state index is 0.395. The third-order valence-corrected chi connectivity index (χ3v) is 5.29. The van der Waals surface area contributed by atoms with Crippen LogP contribution in [-0.2, 0) is 6.42 Å². The van der Waals surface area contributed by atoms with E-state index in [1.165, 1.54) is 4.88 Å². The van der Waals surface area contributed by atoms with Crippen LogP contribution in [0.25, 0.3) is 10.7 Å². The molecule has 0 amide bonds. The summed E-state index contributed by atoms with van der Waals surface area (Å²) in [5.41, 5.74) is 1.12. The zero-order chi connectivity index (χ0) is 14.7. The molecule has 0 bridgehead atoms. The second-order valence-corrected chi connectivity index (χ2v) is 7.15. The molecule has 0 atom stereocenters. The average Bonchev–Trinajstić information content (AvgIpc) is 2.89. The molecule has 0 aliphatic heterocycles.